The van der Waals surface area contributed by atoms with Crippen molar-refractivity contribution < 1.29 is 25.0 Å². The summed E-state index contributed by atoms with van der Waals surface area (Å²) in [5.74, 6) is 0. The first kappa shape index (κ1) is 17.3. The van der Waals surface area contributed by atoms with Gasteiger partial charge in [-0.15, -0.1) is 0 Å². The van der Waals surface area contributed by atoms with Gasteiger partial charge in [0.1, 0.15) is 11.2 Å². The van der Waals surface area contributed by atoms with Crippen molar-refractivity contribution in [1.29, 1.82) is 0 Å². The molecule has 0 spiro atoms. The highest BCUT2D eigenvalue weighted by Crippen LogP contribution is 2.50. The summed E-state index contributed by atoms with van der Waals surface area (Å²) in [7, 11) is 0. The van der Waals surface area contributed by atoms with E-state index in [4.69, 9.17) is 16.8 Å². The zero-order valence-electron chi connectivity index (χ0n) is 41.6. The molecule has 11 rings (SSSR count). The van der Waals surface area contributed by atoms with E-state index in [9.17, 15) is 8.22 Å². The molecule has 0 aliphatic carbocycles. The van der Waals surface area contributed by atoms with Gasteiger partial charge in [-0.05, 0) is 93.8 Å². The predicted molar refractivity (Wildman–Crippen MR) is 218 cm³/mol. The third-order valence-corrected chi connectivity index (χ3v) is 9.73. The van der Waals surface area contributed by atoms with Crippen molar-refractivity contribution >= 4 is 75.8 Å². The Bertz CT molecular complexity index is 3980. The zero-order chi connectivity index (χ0) is 46.5. The molecule has 11 aromatic rings. The molecular formula is C50H30O. The molecule has 0 saturated carbocycles. The van der Waals surface area contributed by atoms with Gasteiger partial charge >= 0.3 is 0 Å². The Morgan fingerprint density at radius 2 is 0.980 bits per heavy atom. The lowest BCUT2D eigenvalue weighted by atomic mass is 9.81. The van der Waals surface area contributed by atoms with E-state index in [1.807, 2.05) is 84.9 Å². The fourth-order valence-corrected chi connectivity index (χ4v) is 7.58. The normalized spacial score (nSPS) is 16.0. The second kappa shape index (κ2) is 10.9. The minimum atomic E-state index is -0.748. The molecule has 0 fully saturated rings. The first-order valence-corrected chi connectivity index (χ1v) is 16.4. The fraction of sp³-hybridized carbons (Fsp3) is 0. The molecule has 0 amide bonds. The van der Waals surface area contributed by atoms with E-state index in [0.717, 1.165) is 21.5 Å². The average Bonchev–Trinajstić information content (AvgIpc) is 3.72. The molecule has 0 aliphatic heterocycles. The molecule has 0 saturated heterocycles. The molecule has 1 heterocycles. The van der Waals surface area contributed by atoms with Crippen molar-refractivity contribution in [2.45, 2.75) is 0 Å². The van der Waals surface area contributed by atoms with Crippen molar-refractivity contribution in [3.8, 4) is 33.4 Å². The molecule has 1 heteroatoms. The number of rotatable bonds is 3. The number of furan rings is 1. The molecule has 1 aromatic heterocycles. The Balaban J connectivity index is 1.42. The quantitative estimate of drug-likeness (QED) is 0.172. The zero-order valence-corrected chi connectivity index (χ0v) is 26.6. The second-order valence-corrected chi connectivity index (χ2v) is 12.4. The number of para-hydroxylation sites is 1. The lowest BCUT2D eigenvalue weighted by molar-refractivity contribution is 0.670. The van der Waals surface area contributed by atoms with Gasteiger partial charge in [0.2, 0.25) is 0 Å². The third kappa shape index (κ3) is 4.16. The van der Waals surface area contributed by atoms with Crippen LogP contribution in [-0.2, 0) is 0 Å². The highest BCUT2D eigenvalue weighted by Gasteiger charge is 2.23. The summed E-state index contributed by atoms with van der Waals surface area (Å²) >= 11 is 0. The van der Waals surface area contributed by atoms with Crippen LogP contribution in [-0.4, -0.2) is 0 Å². The van der Waals surface area contributed by atoms with E-state index < -0.39 is 107 Å². The first-order valence-electron chi connectivity index (χ1n) is 23.9. The largest absolute Gasteiger partial charge is 0.455 e. The van der Waals surface area contributed by atoms with Crippen LogP contribution in [0.3, 0.4) is 0 Å². The molecule has 0 bridgehead atoms. The van der Waals surface area contributed by atoms with Crippen LogP contribution < -0.4 is 0 Å². The van der Waals surface area contributed by atoms with Crippen LogP contribution in [0, 0.1) is 0 Å². The number of hydrogen-bond donors (Lipinski definition) is 0. The van der Waals surface area contributed by atoms with E-state index >= 15 is 0 Å². The van der Waals surface area contributed by atoms with E-state index in [1.165, 1.54) is 0 Å². The Morgan fingerprint density at radius 1 is 0.373 bits per heavy atom. The van der Waals surface area contributed by atoms with Crippen LogP contribution in [0.5, 0.6) is 0 Å². The fourth-order valence-electron chi connectivity index (χ4n) is 7.58. The summed E-state index contributed by atoms with van der Waals surface area (Å²) in [4.78, 5) is 0. The Morgan fingerprint density at radius 3 is 1.75 bits per heavy atom. The summed E-state index contributed by atoms with van der Waals surface area (Å²) in [6, 6.07) is 18.3. The maximum absolute atomic E-state index is 9.70. The van der Waals surface area contributed by atoms with Crippen LogP contribution in [0.2, 0.25) is 0 Å². The van der Waals surface area contributed by atoms with E-state index in [0.29, 0.717) is 38.6 Å². The average molecular weight is 662 g/mol. The van der Waals surface area contributed by atoms with Gasteiger partial charge in [-0.3, -0.25) is 0 Å². The van der Waals surface area contributed by atoms with Crippen LogP contribution >= 0.6 is 0 Å². The minimum Gasteiger partial charge on any atom is -0.455 e. The first-order chi connectivity index (χ1) is 31.6. The standard InChI is InChI=1S/C50H30O/c1-2-15-34-30-35(25-24-31(34)12-1)46-38-18-7-9-20-40(38)49(41-21-10-8-19-39(41)46)48-37-17-6-4-13-32(37)26-28-42(48)43-22-11-23-44-47-36-16-5-3-14-33(36)27-29-45(47)51-50(43)44/h1-30H/i1D,2D,7D,8D,9D,10D,12D,15D,18D,19D,20D,21D,24D,25D,30D. The molecule has 51 heavy (non-hydrogen) atoms. The van der Waals surface area contributed by atoms with Crippen LogP contribution in [0.4, 0.5) is 0 Å². The molecule has 0 aliphatic rings. The lowest BCUT2D eigenvalue weighted by Crippen LogP contribution is -1.94. The van der Waals surface area contributed by atoms with E-state index in [2.05, 4.69) is 0 Å². The van der Waals surface area contributed by atoms with Gasteiger partial charge in [-0.2, -0.15) is 0 Å². The van der Waals surface area contributed by atoms with Gasteiger partial charge in [-0.25, -0.2) is 0 Å². The minimum absolute atomic E-state index is 0.0139. The second-order valence-electron chi connectivity index (χ2n) is 12.4. The molecule has 10 aromatic carbocycles. The van der Waals surface area contributed by atoms with Gasteiger partial charge in [0.15, 0.2) is 0 Å². The molecule has 0 radical (unpaired) electrons. The van der Waals surface area contributed by atoms with Gasteiger partial charge < -0.3 is 4.42 Å². The summed E-state index contributed by atoms with van der Waals surface area (Å²) in [5, 5.41) is 2.99. The van der Waals surface area contributed by atoms with Crippen molar-refractivity contribution in [3.05, 3.63) is 182 Å². The maximum atomic E-state index is 9.70. The van der Waals surface area contributed by atoms with Crippen molar-refractivity contribution in [1.82, 2.24) is 0 Å². The topological polar surface area (TPSA) is 13.1 Å². The van der Waals surface area contributed by atoms with Crippen molar-refractivity contribution in [2.24, 2.45) is 0 Å². The summed E-state index contributed by atoms with van der Waals surface area (Å²) < 4.78 is 144. The Labute approximate surface area is 315 Å². The van der Waals surface area contributed by atoms with Crippen LogP contribution in [0.1, 0.15) is 20.6 Å². The Hall–Kier alpha value is -6.70. The van der Waals surface area contributed by atoms with Gasteiger partial charge in [0.05, 0.1) is 20.6 Å². The highest BCUT2D eigenvalue weighted by molar-refractivity contribution is 6.27. The van der Waals surface area contributed by atoms with Gasteiger partial charge in [-0.1, -0.05) is 170 Å². The molecule has 1 nitrogen and oxygen atoms in total. The SMILES string of the molecule is [2H]c1c([2H])c([2H])c2c([2H])c(-c3c4c([2H])c([2H])c([2H])c([2H])c4c(-c4c(-c5cccc6c5oc5ccc7ccccc7c56)ccc5ccccc45)c4c([2H])c([2H])c([2H])c([2H])c34)c([2H])c([2H])c2c1[2H]. The van der Waals surface area contributed by atoms with Crippen molar-refractivity contribution in [2.75, 3.05) is 0 Å². The van der Waals surface area contributed by atoms with Crippen LogP contribution in [0.15, 0.2) is 186 Å². The monoisotopic (exact) mass is 661 g/mol. The number of fused-ring (bicyclic) bond motifs is 9. The highest BCUT2D eigenvalue weighted by atomic mass is 16.3. The molecule has 236 valence electrons. The Kier molecular flexibility index (Phi) is 3.70. The summed E-state index contributed by atoms with van der Waals surface area (Å²) in [6.45, 7) is 0. The number of benzene rings is 10. The summed E-state index contributed by atoms with van der Waals surface area (Å²) in [6.07, 6.45) is 0. The summed E-state index contributed by atoms with van der Waals surface area (Å²) in [5.41, 5.74) is 1.65. The van der Waals surface area contributed by atoms with E-state index in [-0.39, 0.29) is 32.7 Å². The molecular weight excluding hydrogens is 617 g/mol. The van der Waals surface area contributed by atoms with Crippen molar-refractivity contribution in [3.63, 3.8) is 0 Å². The molecule has 0 N–H and O–H groups in total. The predicted octanol–water partition coefficient (Wildman–Crippen LogP) is 14.4. The van der Waals surface area contributed by atoms with E-state index in [1.54, 1.807) is 6.07 Å². The maximum Gasteiger partial charge on any atom is 0.143 e. The third-order valence-electron chi connectivity index (χ3n) is 9.73. The number of hydrogen-bond acceptors (Lipinski definition) is 1. The van der Waals surface area contributed by atoms with Crippen LogP contribution in [0.25, 0.3) is 109 Å². The van der Waals surface area contributed by atoms with Gasteiger partial charge in [0.25, 0.3) is 0 Å². The molecule has 0 atom stereocenters. The van der Waals surface area contributed by atoms with Gasteiger partial charge in [0, 0.05) is 16.3 Å². The lowest BCUT2D eigenvalue weighted by Gasteiger charge is -2.21. The molecule has 0 unspecified atom stereocenters. The smallest absolute Gasteiger partial charge is 0.143 e.